The molecule has 1 N–H and O–H groups in total. The molecule has 1 atom stereocenters. The lowest BCUT2D eigenvalue weighted by Gasteiger charge is -2.40. The van der Waals surface area contributed by atoms with E-state index in [9.17, 15) is 4.79 Å². The number of aromatic nitrogens is 3. The van der Waals surface area contributed by atoms with E-state index >= 15 is 0 Å². The second-order valence-corrected chi connectivity index (χ2v) is 5.76. The van der Waals surface area contributed by atoms with Crippen LogP contribution < -0.4 is 5.32 Å². The molecule has 0 bridgehead atoms. The molecular formula is C17H21N5O. The summed E-state index contributed by atoms with van der Waals surface area (Å²) in [5, 5.41) is 3.25. The number of aryl methyl sites for hydroxylation is 2. The third kappa shape index (κ3) is 3.16. The van der Waals surface area contributed by atoms with Gasteiger partial charge in [0.05, 0.1) is 11.7 Å². The molecule has 1 saturated heterocycles. The summed E-state index contributed by atoms with van der Waals surface area (Å²) in [6, 6.07) is 5.88. The molecule has 0 saturated carbocycles. The van der Waals surface area contributed by atoms with Crippen molar-refractivity contribution < 1.29 is 4.79 Å². The van der Waals surface area contributed by atoms with Crippen molar-refractivity contribution in [1.82, 2.24) is 19.9 Å². The number of likely N-dealkylation sites (tertiary alicyclic amines) is 1. The number of carbonyl (C=O) groups excluding carboxylic acids is 1. The van der Waals surface area contributed by atoms with Gasteiger partial charge in [0.2, 0.25) is 5.91 Å². The summed E-state index contributed by atoms with van der Waals surface area (Å²) < 4.78 is 0. The van der Waals surface area contributed by atoms with Crippen LogP contribution in [-0.4, -0.2) is 32.3 Å². The van der Waals surface area contributed by atoms with Crippen LogP contribution >= 0.6 is 0 Å². The van der Waals surface area contributed by atoms with Gasteiger partial charge in [0.1, 0.15) is 17.5 Å². The van der Waals surface area contributed by atoms with Crippen molar-refractivity contribution in [2.24, 2.45) is 0 Å². The Labute approximate surface area is 136 Å². The van der Waals surface area contributed by atoms with Gasteiger partial charge in [-0.05, 0) is 31.9 Å². The third-order valence-electron chi connectivity index (χ3n) is 4.10. The minimum Gasteiger partial charge on any atom is -0.334 e. The zero-order chi connectivity index (χ0) is 16.4. The van der Waals surface area contributed by atoms with Crippen molar-refractivity contribution in [1.29, 1.82) is 0 Å². The van der Waals surface area contributed by atoms with Crippen molar-refractivity contribution in [3.8, 4) is 0 Å². The molecule has 23 heavy (non-hydrogen) atoms. The Kier molecular flexibility index (Phi) is 4.23. The molecule has 2 aromatic heterocycles. The fraction of sp³-hybridized carbons (Fsp3) is 0.412. The number of nitrogens with zero attached hydrogens (tertiary/aromatic N) is 4. The summed E-state index contributed by atoms with van der Waals surface area (Å²) in [6.07, 6.45) is 3.22. The normalized spacial score (nSPS) is 16.8. The number of carbonyl (C=O) groups is 1. The third-order valence-corrected chi connectivity index (χ3v) is 4.10. The second-order valence-electron chi connectivity index (χ2n) is 5.76. The average Bonchev–Trinajstić information content (AvgIpc) is 2.48. The quantitative estimate of drug-likeness (QED) is 0.940. The average molecular weight is 311 g/mol. The van der Waals surface area contributed by atoms with E-state index in [-0.39, 0.29) is 11.9 Å². The lowest BCUT2D eigenvalue weighted by atomic mass is 9.98. The SMILES string of the molecule is CCC(=O)N1CC[C@H]1c1cc(Nc2ncccc2C)nc(C)n1. The van der Waals surface area contributed by atoms with Gasteiger partial charge in [0.15, 0.2) is 0 Å². The summed E-state index contributed by atoms with van der Waals surface area (Å²) in [6.45, 7) is 6.56. The molecule has 6 nitrogen and oxygen atoms in total. The van der Waals surface area contributed by atoms with Crippen LogP contribution in [0.25, 0.3) is 0 Å². The van der Waals surface area contributed by atoms with Gasteiger partial charge in [-0.25, -0.2) is 15.0 Å². The highest BCUT2D eigenvalue weighted by Gasteiger charge is 2.33. The summed E-state index contributed by atoms with van der Waals surface area (Å²) in [5.41, 5.74) is 1.94. The van der Waals surface area contributed by atoms with E-state index in [0.717, 1.165) is 30.0 Å². The highest BCUT2D eigenvalue weighted by Crippen LogP contribution is 2.33. The van der Waals surface area contributed by atoms with Gasteiger partial charge >= 0.3 is 0 Å². The summed E-state index contributed by atoms with van der Waals surface area (Å²) >= 11 is 0. The Balaban J connectivity index is 1.85. The molecule has 0 radical (unpaired) electrons. The van der Waals surface area contributed by atoms with Crippen molar-refractivity contribution in [2.45, 2.75) is 39.7 Å². The Morgan fingerprint density at radius 2 is 2.22 bits per heavy atom. The van der Waals surface area contributed by atoms with Gasteiger partial charge in [0, 0.05) is 25.2 Å². The van der Waals surface area contributed by atoms with Crippen LogP contribution in [0.1, 0.15) is 42.9 Å². The molecule has 0 unspecified atom stereocenters. The highest BCUT2D eigenvalue weighted by atomic mass is 16.2. The molecule has 1 fully saturated rings. The fourth-order valence-electron chi connectivity index (χ4n) is 2.76. The van der Waals surface area contributed by atoms with E-state index in [1.807, 2.05) is 43.9 Å². The first-order valence-electron chi connectivity index (χ1n) is 7.92. The predicted octanol–water partition coefficient (Wildman–Crippen LogP) is 2.92. The molecule has 3 heterocycles. The Bertz CT molecular complexity index is 731. The summed E-state index contributed by atoms with van der Waals surface area (Å²) in [7, 11) is 0. The van der Waals surface area contributed by atoms with Crippen molar-refractivity contribution in [3.05, 3.63) is 41.5 Å². The minimum atomic E-state index is 0.0644. The predicted molar refractivity (Wildman–Crippen MR) is 88.4 cm³/mol. The Hall–Kier alpha value is -2.50. The minimum absolute atomic E-state index is 0.0644. The van der Waals surface area contributed by atoms with Gasteiger partial charge in [-0.1, -0.05) is 13.0 Å². The van der Waals surface area contributed by atoms with E-state index in [0.29, 0.717) is 18.1 Å². The van der Waals surface area contributed by atoms with Crippen LogP contribution in [-0.2, 0) is 4.79 Å². The first-order valence-corrected chi connectivity index (χ1v) is 7.92. The first kappa shape index (κ1) is 15.4. The van der Waals surface area contributed by atoms with E-state index in [1.165, 1.54) is 0 Å². The van der Waals surface area contributed by atoms with Gasteiger partial charge in [0.25, 0.3) is 0 Å². The van der Waals surface area contributed by atoms with Crippen molar-refractivity contribution in [2.75, 3.05) is 11.9 Å². The standard InChI is InChI=1S/C17H21N5O/c1-4-16(23)22-9-7-14(22)13-10-15(20-12(3)19-13)21-17-11(2)6-5-8-18-17/h5-6,8,10,14H,4,7,9H2,1-3H3,(H,18,19,20,21)/t14-/m0/s1. The molecule has 1 aliphatic rings. The zero-order valence-corrected chi connectivity index (χ0v) is 13.7. The number of nitrogens with one attached hydrogen (secondary N) is 1. The molecule has 1 aliphatic heterocycles. The number of anilines is 2. The maximum absolute atomic E-state index is 11.9. The summed E-state index contributed by atoms with van der Waals surface area (Å²) in [5.74, 6) is 2.36. The monoisotopic (exact) mass is 311 g/mol. The molecule has 2 aromatic rings. The van der Waals surface area contributed by atoms with Crippen LogP contribution in [0.4, 0.5) is 11.6 Å². The van der Waals surface area contributed by atoms with Gasteiger partial charge in [-0.2, -0.15) is 0 Å². The van der Waals surface area contributed by atoms with Crippen LogP contribution in [0.3, 0.4) is 0 Å². The summed E-state index contributed by atoms with van der Waals surface area (Å²) in [4.78, 5) is 27.1. The van der Waals surface area contributed by atoms with Gasteiger partial charge < -0.3 is 10.2 Å². The molecule has 0 spiro atoms. The highest BCUT2D eigenvalue weighted by molar-refractivity contribution is 5.77. The molecule has 1 amide bonds. The fourth-order valence-corrected chi connectivity index (χ4v) is 2.76. The van der Waals surface area contributed by atoms with Crippen molar-refractivity contribution in [3.63, 3.8) is 0 Å². The second kappa shape index (κ2) is 6.32. The Morgan fingerprint density at radius 3 is 2.87 bits per heavy atom. The van der Waals surface area contributed by atoms with Gasteiger partial charge in [-0.15, -0.1) is 0 Å². The number of rotatable bonds is 4. The molecule has 120 valence electrons. The number of hydrogen-bond acceptors (Lipinski definition) is 5. The molecule has 0 aromatic carbocycles. The van der Waals surface area contributed by atoms with E-state index < -0.39 is 0 Å². The van der Waals surface area contributed by atoms with E-state index in [2.05, 4.69) is 20.3 Å². The van der Waals surface area contributed by atoms with Crippen molar-refractivity contribution >= 4 is 17.5 Å². The molecule has 3 rings (SSSR count). The number of pyridine rings is 1. The zero-order valence-electron chi connectivity index (χ0n) is 13.7. The largest absolute Gasteiger partial charge is 0.334 e. The smallest absolute Gasteiger partial charge is 0.222 e. The first-order chi connectivity index (χ1) is 11.1. The van der Waals surface area contributed by atoms with E-state index in [1.54, 1.807) is 6.20 Å². The molecule has 0 aliphatic carbocycles. The maximum Gasteiger partial charge on any atom is 0.222 e. The van der Waals surface area contributed by atoms with Crippen LogP contribution in [0.2, 0.25) is 0 Å². The van der Waals surface area contributed by atoms with E-state index in [4.69, 9.17) is 0 Å². The maximum atomic E-state index is 11.9. The number of amides is 1. The topological polar surface area (TPSA) is 71.0 Å². The number of hydrogen-bond donors (Lipinski definition) is 1. The lowest BCUT2D eigenvalue weighted by molar-refractivity contribution is -0.138. The van der Waals surface area contributed by atoms with Gasteiger partial charge in [-0.3, -0.25) is 4.79 Å². The molecule has 6 heteroatoms. The van der Waals surface area contributed by atoms with Crippen LogP contribution in [0, 0.1) is 13.8 Å². The Morgan fingerprint density at radius 1 is 1.39 bits per heavy atom. The lowest BCUT2D eigenvalue weighted by Crippen LogP contribution is -2.45. The van der Waals surface area contributed by atoms with Crippen LogP contribution in [0.5, 0.6) is 0 Å². The molecular weight excluding hydrogens is 290 g/mol. The van der Waals surface area contributed by atoms with Crippen LogP contribution in [0.15, 0.2) is 24.4 Å².